The molecule has 0 saturated heterocycles. The Morgan fingerprint density at radius 2 is 2.16 bits per heavy atom. The molecule has 3 nitrogen and oxygen atoms in total. The van der Waals surface area contributed by atoms with Gasteiger partial charge in [-0.25, -0.2) is 14.4 Å². The summed E-state index contributed by atoms with van der Waals surface area (Å²) in [4.78, 5) is 8.11. The van der Waals surface area contributed by atoms with Gasteiger partial charge in [0.2, 0.25) is 5.95 Å². The zero-order chi connectivity index (χ0) is 13.8. The largest absolute Gasteiger partial charge is 0.354 e. The lowest BCUT2D eigenvalue weighted by atomic mass is 10.1. The highest BCUT2D eigenvalue weighted by molar-refractivity contribution is 6.31. The second kappa shape index (κ2) is 5.97. The third kappa shape index (κ3) is 3.20. The Labute approximate surface area is 116 Å². The Hall–Kier alpha value is -1.68. The van der Waals surface area contributed by atoms with Crippen LogP contribution < -0.4 is 5.32 Å². The molecule has 5 heteroatoms. The van der Waals surface area contributed by atoms with Gasteiger partial charge in [0.25, 0.3) is 0 Å². The molecule has 0 unspecified atom stereocenters. The predicted molar refractivity (Wildman–Crippen MR) is 76.0 cm³/mol. The molecule has 0 atom stereocenters. The number of aryl methyl sites for hydroxylation is 1. The van der Waals surface area contributed by atoms with Crippen molar-refractivity contribution in [1.29, 1.82) is 0 Å². The summed E-state index contributed by atoms with van der Waals surface area (Å²) in [5, 5.41) is 3.63. The molecular weight excluding hydrogens is 265 g/mol. The van der Waals surface area contributed by atoms with E-state index in [2.05, 4.69) is 15.3 Å². The van der Waals surface area contributed by atoms with Crippen molar-refractivity contribution in [1.82, 2.24) is 9.97 Å². The van der Waals surface area contributed by atoms with Gasteiger partial charge >= 0.3 is 0 Å². The number of anilines is 1. The van der Waals surface area contributed by atoms with E-state index in [1.165, 1.54) is 6.20 Å². The Morgan fingerprint density at radius 1 is 1.37 bits per heavy atom. The van der Waals surface area contributed by atoms with Crippen LogP contribution in [0.3, 0.4) is 0 Å². The average Bonchev–Trinajstić information content (AvgIpc) is 2.41. The highest BCUT2D eigenvalue weighted by Gasteiger charge is 2.10. The highest BCUT2D eigenvalue weighted by atomic mass is 35.5. The molecule has 1 heterocycles. The number of hydrogen-bond donors (Lipinski definition) is 1. The van der Waals surface area contributed by atoms with Crippen LogP contribution in [-0.2, 0) is 0 Å². The molecule has 0 saturated carbocycles. The summed E-state index contributed by atoms with van der Waals surface area (Å²) in [5.74, 6) is -0.0306. The van der Waals surface area contributed by atoms with Crippen molar-refractivity contribution in [3.63, 3.8) is 0 Å². The van der Waals surface area contributed by atoms with Gasteiger partial charge in [-0.15, -0.1) is 0 Å². The van der Waals surface area contributed by atoms with Crippen LogP contribution in [0.1, 0.15) is 18.9 Å². The highest BCUT2D eigenvalue weighted by Crippen LogP contribution is 2.26. The molecule has 0 spiro atoms. The van der Waals surface area contributed by atoms with E-state index < -0.39 is 5.82 Å². The van der Waals surface area contributed by atoms with Gasteiger partial charge in [0.1, 0.15) is 5.69 Å². The molecule has 0 aliphatic carbocycles. The molecule has 0 amide bonds. The minimum Gasteiger partial charge on any atom is -0.354 e. The van der Waals surface area contributed by atoms with Crippen molar-refractivity contribution in [2.45, 2.75) is 20.3 Å². The van der Waals surface area contributed by atoms with Gasteiger partial charge in [-0.05, 0) is 25.0 Å². The van der Waals surface area contributed by atoms with Gasteiger partial charge in [0.05, 0.1) is 6.20 Å². The van der Waals surface area contributed by atoms with Gasteiger partial charge in [-0.1, -0.05) is 30.7 Å². The average molecular weight is 280 g/mol. The predicted octanol–water partition coefficient (Wildman–Crippen LogP) is 4.07. The second-order valence-corrected chi connectivity index (χ2v) is 4.69. The lowest BCUT2D eigenvalue weighted by molar-refractivity contribution is 0.618. The molecule has 1 N–H and O–H groups in total. The quantitative estimate of drug-likeness (QED) is 0.917. The lowest BCUT2D eigenvalue weighted by Gasteiger charge is -2.08. The maximum atomic E-state index is 13.8. The van der Waals surface area contributed by atoms with Gasteiger partial charge < -0.3 is 5.32 Å². The van der Waals surface area contributed by atoms with Crippen LogP contribution in [0, 0.1) is 12.7 Å². The second-order valence-electron chi connectivity index (χ2n) is 4.28. The van der Waals surface area contributed by atoms with Crippen LogP contribution in [0.15, 0.2) is 24.4 Å². The Kier molecular flexibility index (Phi) is 4.32. The molecule has 0 bridgehead atoms. The summed E-state index contributed by atoms with van der Waals surface area (Å²) in [6.45, 7) is 4.69. The number of benzene rings is 1. The van der Waals surface area contributed by atoms with Crippen molar-refractivity contribution in [3.05, 3.63) is 40.8 Å². The number of nitrogens with zero attached hydrogens (tertiary/aromatic N) is 2. The SMILES string of the molecule is CCCNc1ncc(F)c(-c2ccc(C)c(Cl)c2)n1. The Morgan fingerprint density at radius 3 is 2.84 bits per heavy atom. The fourth-order valence-corrected chi connectivity index (χ4v) is 1.81. The fourth-order valence-electron chi connectivity index (χ4n) is 1.63. The van der Waals surface area contributed by atoms with E-state index in [0.717, 1.165) is 18.5 Å². The van der Waals surface area contributed by atoms with Gasteiger partial charge in [0.15, 0.2) is 5.82 Å². The number of halogens is 2. The molecule has 0 fully saturated rings. The van der Waals surface area contributed by atoms with Crippen LogP contribution in [0.2, 0.25) is 5.02 Å². The standard InChI is InChI=1S/C14H15ClFN3/c1-3-6-17-14-18-8-12(16)13(19-14)10-5-4-9(2)11(15)7-10/h4-5,7-8H,3,6H2,1-2H3,(H,17,18,19). The zero-order valence-corrected chi connectivity index (χ0v) is 11.6. The smallest absolute Gasteiger partial charge is 0.223 e. The van der Waals surface area contributed by atoms with E-state index in [-0.39, 0.29) is 5.69 Å². The molecule has 100 valence electrons. The summed E-state index contributed by atoms with van der Waals surface area (Å²) < 4.78 is 13.8. The molecule has 0 aliphatic heterocycles. The van der Waals surface area contributed by atoms with Gasteiger partial charge in [-0.2, -0.15) is 0 Å². The molecule has 1 aromatic carbocycles. The molecule has 1 aromatic heterocycles. The number of aromatic nitrogens is 2. The van der Waals surface area contributed by atoms with Crippen LogP contribution in [0.5, 0.6) is 0 Å². The summed E-state index contributed by atoms with van der Waals surface area (Å²) in [6.07, 6.45) is 2.13. The summed E-state index contributed by atoms with van der Waals surface area (Å²) in [7, 11) is 0. The first-order chi connectivity index (χ1) is 9.11. The van der Waals surface area contributed by atoms with Crippen molar-refractivity contribution in [2.75, 3.05) is 11.9 Å². The van der Waals surface area contributed by atoms with E-state index >= 15 is 0 Å². The van der Waals surface area contributed by atoms with E-state index in [1.54, 1.807) is 12.1 Å². The molecular formula is C14H15ClFN3. The van der Waals surface area contributed by atoms with Crippen LogP contribution in [-0.4, -0.2) is 16.5 Å². The van der Waals surface area contributed by atoms with Crippen molar-refractivity contribution in [2.24, 2.45) is 0 Å². The summed E-state index contributed by atoms with van der Waals surface area (Å²) in [5.41, 5.74) is 1.86. The third-order valence-corrected chi connectivity index (χ3v) is 3.13. The first-order valence-electron chi connectivity index (χ1n) is 6.14. The minimum absolute atomic E-state index is 0.260. The first-order valence-corrected chi connectivity index (χ1v) is 6.52. The minimum atomic E-state index is -0.457. The van der Waals surface area contributed by atoms with Gasteiger partial charge in [-0.3, -0.25) is 0 Å². The number of hydrogen-bond acceptors (Lipinski definition) is 3. The molecule has 0 aliphatic rings. The monoisotopic (exact) mass is 279 g/mol. The lowest BCUT2D eigenvalue weighted by Crippen LogP contribution is -2.05. The zero-order valence-electron chi connectivity index (χ0n) is 10.9. The van der Waals surface area contributed by atoms with E-state index in [0.29, 0.717) is 16.5 Å². The topological polar surface area (TPSA) is 37.8 Å². The third-order valence-electron chi connectivity index (χ3n) is 2.72. The van der Waals surface area contributed by atoms with E-state index in [4.69, 9.17) is 11.6 Å². The Balaban J connectivity index is 2.39. The van der Waals surface area contributed by atoms with Crippen molar-refractivity contribution < 1.29 is 4.39 Å². The van der Waals surface area contributed by atoms with Gasteiger partial charge in [0, 0.05) is 17.1 Å². The van der Waals surface area contributed by atoms with Crippen molar-refractivity contribution in [3.8, 4) is 11.3 Å². The Bertz CT molecular complexity index is 587. The molecule has 0 radical (unpaired) electrons. The van der Waals surface area contributed by atoms with Crippen LogP contribution in [0.25, 0.3) is 11.3 Å². The molecule has 19 heavy (non-hydrogen) atoms. The number of rotatable bonds is 4. The van der Waals surface area contributed by atoms with E-state index in [9.17, 15) is 4.39 Å². The maximum absolute atomic E-state index is 13.8. The summed E-state index contributed by atoms with van der Waals surface area (Å²) in [6, 6.07) is 5.36. The molecule has 2 rings (SSSR count). The number of nitrogens with one attached hydrogen (secondary N) is 1. The fraction of sp³-hybridized carbons (Fsp3) is 0.286. The van der Waals surface area contributed by atoms with Crippen LogP contribution >= 0.6 is 11.6 Å². The van der Waals surface area contributed by atoms with Crippen LogP contribution in [0.4, 0.5) is 10.3 Å². The normalized spacial score (nSPS) is 10.5. The molecule has 2 aromatic rings. The summed E-state index contributed by atoms with van der Waals surface area (Å²) >= 11 is 6.06. The van der Waals surface area contributed by atoms with E-state index in [1.807, 2.05) is 19.9 Å². The van der Waals surface area contributed by atoms with Crippen molar-refractivity contribution >= 4 is 17.5 Å². The first kappa shape index (κ1) is 13.7. The maximum Gasteiger partial charge on any atom is 0.223 e.